The first-order chi connectivity index (χ1) is 10.3. The first-order valence-corrected chi connectivity index (χ1v) is 7.96. The van der Waals surface area contributed by atoms with Crippen LogP contribution in [0.4, 0.5) is 0 Å². The molecule has 1 aromatic carbocycles. The Kier molecular flexibility index (Phi) is 7.39. The molecule has 2 N–H and O–H groups in total. The highest BCUT2D eigenvalue weighted by Crippen LogP contribution is 2.12. The number of carbonyl (C=O) groups is 2. The molecule has 0 saturated heterocycles. The molecule has 0 unspecified atom stereocenters. The molecule has 1 aromatic rings. The van der Waals surface area contributed by atoms with Crippen LogP contribution in [-0.2, 0) is 16.0 Å². The summed E-state index contributed by atoms with van der Waals surface area (Å²) in [5, 5.41) is 6.35. The van der Waals surface area contributed by atoms with Gasteiger partial charge in [-0.05, 0) is 30.5 Å². The van der Waals surface area contributed by atoms with Gasteiger partial charge in [-0.2, -0.15) is 0 Å². The van der Waals surface area contributed by atoms with Crippen LogP contribution in [-0.4, -0.2) is 24.9 Å². The van der Waals surface area contributed by atoms with E-state index in [1.807, 2.05) is 45.0 Å². The zero-order valence-electron chi connectivity index (χ0n) is 13.5. The number of hydrogen-bond donors (Lipinski definition) is 2. The van der Waals surface area contributed by atoms with Gasteiger partial charge in [0, 0.05) is 29.9 Å². The summed E-state index contributed by atoms with van der Waals surface area (Å²) >= 11 is 5.83. The summed E-state index contributed by atoms with van der Waals surface area (Å²) in [6.07, 6.45) is 2.09. The third-order valence-electron chi connectivity index (χ3n) is 3.20. The monoisotopic (exact) mass is 324 g/mol. The Bertz CT molecular complexity index is 492. The summed E-state index contributed by atoms with van der Waals surface area (Å²) in [7, 11) is 0. The first-order valence-electron chi connectivity index (χ1n) is 7.58. The van der Waals surface area contributed by atoms with Crippen LogP contribution in [0.2, 0.25) is 5.02 Å². The van der Waals surface area contributed by atoms with E-state index in [4.69, 9.17) is 11.6 Å². The minimum atomic E-state index is -0.422. The van der Waals surface area contributed by atoms with Crippen LogP contribution < -0.4 is 10.6 Å². The quantitative estimate of drug-likeness (QED) is 0.758. The molecule has 22 heavy (non-hydrogen) atoms. The number of amides is 2. The number of rotatable bonds is 7. The van der Waals surface area contributed by atoms with Gasteiger partial charge in [-0.3, -0.25) is 9.59 Å². The second-order valence-electron chi connectivity index (χ2n) is 6.34. The van der Waals surface area contributed by atoms with E-state index < -0.39 is 5.41 Å². The molecule has 122 valence electrons. The van der Waals surface area contributed by atoms with Crippen molar-refractivity contribution in [3.8, 4) is 0 Å². The highest BCUT2D eigenvalue weighted by atomic mass is 35.5. The van der Waals surface area contributed by atoms with Gasteiger partial charge in [0.15, 0.2) is 0 Å². The maximum atomic E-state index is 11.7. The fourth-order valence-corrected chi connectivity index (χ4v) is 1.94. The maximum absolute atomic E-state index is 11.7. The minimum Gasteiger partial charge on any atom is -0.356 e. The average molecular weight is 325 g/mol. The zero-order valence-corrected chi connectivity index (χ0v) is 14.3. The van der Waals surface area contributed by atoms with E-state index in [9.17, 15) is 9.59 Å². The molecule has 0 bridgehead atoms. The van der Waals surface area contributed by atoms with E-state index in [0.717, 1.165) is 17.9 Å². The Hall–Kier alpha value is -1.55. The number of carbonyl (C=O) groups excluding carboxylic acids is 2. The van der Waals surface area contributed by atoms with Crippen LogP contribution in [0.15, 0.2) is 24.3 Å². The van der Waals surface area contributed by atoms with E-state index in [1.54, 1.807) is 0 Å². The van der Waals surface area contributed by atoms with E-state index in [0.29, 0.717) is 19.5 Å². The molecule has 0 atom stereocenters. The number of halogens is 1. The van der Waals surface area contributed by atoms with Gasteiger partial charge in [0.1, 0.15) is 0 Å². The van der Waals surface area contributed by atoms with Crippen molar-refractivity contribution in [3.63, 3.8) is 0 Å². The Morgan fingerprint density at radius 1 is 1.05 bits per heavy atom. The molecule has 0 saturated carbocycles. The third-order valence-corrected chi connectivity index (χ3v) is 3.45. The second kappa shape index (κ2) is 8.79. The molecule has 0 aliphatic rings. The van der Waals surface area contributed by atoms with Crippen molar-refractivity contribution in [2.45, 2.75) is 40.0 Å². The Morgan fingerprint density at radius 3 is 2.27 bits per heavy atom. The normalized spacial score (nSPS) is 11.1. The standard InChI is InChI=1S/C17H25ClN2O2/c1-17(2,3)16(22)20-12-10-15(21)19-11-4-5-13-6-8-14(18)9-7-13/h6-9H,4-5,10-12H2,1-3H3,(H,19,21)(H,20,22). The van der Waals surface area contributed by atoms with Gasteiger partial charge in [-0.25, -0.2) is 0 Å². The van der Waals surface area contributed by atoms with Crippen LogP contribution in [0.3, 0.4) is 0 Å². The van der Waals surface area contributed by atoms with Gasteiger partial charge in [-0.1, -0.05) is 44.5 Å². The molecule has 0 spiro atoms. The van der Waals surface area contributed by atoms with Crippen molar-refractivity contribution in [1.29, 1.82) is 0 Å². The van der Waals surface area contributed by atoms with E-state index >= 15 is 0 Å². The second-order valence-corrected chi connectivity index (χ2v) is 6.77. The minimum absolute atomic E-state index is 0.0367. The average Bonchev–Trinajstić information content (AvgIpc) is 2.44. The Labute approximate surface area is 137 Å². The van der Waals surface area contributed by atoms with E-state index in [1.165, 1.54) is 5.56 Å². The number of aryl methyl sites for hydroxylation is 1. The molecule has 0 radical (unpaired) electrons. The fourth-order valence-electron chi connectivity index (χ4n) is 1.81. The van der Waals surface area contributed by atoms with Crippen molar-refractivity contribution < 1.29 is 9.59 Å². The molecule has 2 amide bonds. The summed E-state index contributed by atoms with van der Waals surface area (Å²) in [5.41, 5.74) is 0.783. The lowest BCUT2D eigenvalue weighted by atomic mass is 9.96. The fraction of sp³-hybridized carbons (Fsp3) is 0.529. The summed E-state index contributed by atoms with van der Waals surface area (Å²) in [6, 6.07) is 7.72. The Balaban J connectivity index is 2.11. The molecule has 1 rings (SSSR count). The number of benzene rings is 1. The lowest BCUT2D eigenvalue weighted by molar-refractivity contribution is -0.128. The molecule has 0 aromatic heterocycles. The first kappa shape index (κ1) is 18.5. The highest BCUT2D eigenvalue weighted by molar-refractivity contribution is 6.30. The van der Waals surface area contributed by atoms with Gasteiger partial charge < -0.3 is 10.6 Å². The largest absolute Gasteiger partial charge is 0.356 e. The molecule has 0 heterocycles. The third kappa shape index (κ3) is 7.46. The molecule has 4 nitrogen and oxygen atoms in total. The topological polar surface area (TPSA) is 58.2 Å². The SMILES string of the molecule is CC(C)(C)C(=O)NCCC(=O)NCCCc1ccc(Cl)cc1. The number of hydrogen-bond acceptors (Lipinski definition) is 2. The van der Waals surface area contributed by atoms with E-state index in [-0.39, 0.29) is 11.8 Å². The summed E-state index contributed by atoms with van der Waals surface area (Å²) in [5.74, 6) is -0.0756. The van der Waals surface area contributed by atoms with Crippen LogP contribution in [0.5, 0.6) is 0 Å². The zero-order chi connectivity index (χ0) is 16.6. The van der Waals surface area contributed by atoms with Crippen LogP contribution in [0.1, 0.15) is 39.2 Å². The number of nitrogens with one attached hydrogen (secondary N) is 2. The molecule has 0 aliphatic heterocycles. The summed E-state index contributed by atoms with van der Waals surface area (Å²) < 4.78 is 0. The van der Waals surface area contributed by atoms with Crippen molar-refractivity contribution in [2.75, 3.05) is 13.1 Å². The van der Waals surface area contributed by atoms with Crippen molar-refractivity contribution in [3.05, 3.63) is 34.9 Å². The van der Waals surface area contributed by atoms with Crippen LogP contribution in [0.25, 0.3) is 0 Å². The van der Waals surface area contributed by atoms with Crippen molar-refractivity contribution in [2.24, 2.45) is 5.41 Å². The van der Waals surface area contributed by atoms with Crippen molar-refractivity contribution >= 4 is 23.4 Å². The predicted molar refractivity (Wildman–Crippen MR) is 89.9 cm³/mol. The molecular formula is C17H25ClN2O2. The summed E-state index contributed by atoms with van der Waals surface area (Å²) in [6.45, 7) is 6.55. The smallest absolute Gasteiger partial charge is 0.225 e. The highest BCUT2D eigenvalue weighted by Gasteiger charge is 2.20. The van der Waals surface area contributed by atoms with Crippen LogP contribution >= 0.6 is 11.6 Å². The summed E-state index contributed by atoms with van der Waals surface area (Å²) in [4.78, 5) is 23.3. The lowest BCUT2D eigenvalue weighted by Crippen LogP contribution is -2.37. The molecular weight excluding hydrogens is 300 g/mol. The lowest BCUT2D eigenvalue weighted by Gasteiger charge is -2.17. The van der Waals surface area contributed by atoms with Gasteiger partial charge in [0.2, 0.25) is 11.8 Å². The van der Waals surface area contributed by atoms with Gasteiger partial charge in [0.05, 0.1) is 0 Å². The molecule has 5 heteroatoms. The van der Waals surface area contributed by atoms with Crippen molar-refractivity contribution in [1.82, 2.24) is 10.6 Å². The van der Waals surface area contributed by atoms with Gasteiger partial charge in [-0.15, -0.1) is 0 Å². The maximum Gasteiger partial charge on any atom is 0.225 e. The van der Waals surface area contributed by atoms with Crippen LogP contribution in [0, 0.1) is 5.41 Å². The van der Waals surface area contributed by atoms with Gasteiger partial charge >= 0.3 is 0 Å². The Morgan fingerprint density at radius 2 is 1.68 bits per heavy atom. The van der Waals surface area contributed by atoms with E-state index in [2.05, 4.69) is 10.6 Å². The molecule has 0 aliphatic carbocycles. The van der Waals surface area contributed by atoms with Gasteiger partial charge in [0.25, 0.3) is 0 Å². The predicted octanol–water partition coefficient (Wildman–Crippen LogP) is 2.94. The molecule has 0 fully saturated rings.